The third kappa shape index (κ3) is 3.22. The van der Waals surface area contributed by atoms with Crippen LogP contribution in [-0.2, 0) is 17.5 Å². The Kier molecular flexibility index (Phi) is 4.35. The van der Waals surface area contributed by atoms with Crippen molar-refractivity contribution in [3.63, 3.8) is 0 Å². The maximum absolute atomic E-state index is 12.9. The number of benzene rings is 1. The zero-order valence-electron chi connectivity index (χ0n) is 13.9. The number of ether oxygens (including phenoxy) is 1. The number of carbonyl (C=O) groups is 1. The van der Waals surface area contributed by atoms with Gasteiger partial charge in [-0.05, 0) is 37.3 Å². The van der Waals surface area contributed by atoms with Gasteiger partial charge in [-0.25, -0.2) is 4.79 Å². The summed E-state index contributed by atoms with van der Waals surface area (Å²) in [6.45, 7) is 1.81. The van der Waals surface area contributed by atoms with Gasteiger partial charge in [-0.2, -0.15) is 13.2 Å². The molecule has 0 aliphatic heterocycles. The standard InChI is InChI=1S/C18H14F3NO4/c1-10-7-15(23)13-8-11(18(19,20)21)3-5-14(13)22(10)9-12-4-6-16(26-12)17(24)25-2/h3-8H,9H2,1-2H3. The molecule has 0 fully saturated rings. The molecule has 0 saturated carbocycles. The second kappa shape index (κ2) is 6.36. The molecule has 0 aliphatic carbocycles. The molecule has 3 rings (SSSR count). The van der Waals surface area contributed by atoms with Gasteiger partial charge in [0.15, 0.2) is 5.43 Å². The van der Waals surface area contributed by atoms with Gasteiger partial charge in [-0.15, -0.1) is 0 Å². The van der Waals surface area contributed by atoms with Crippen LogP contribution in [0.15, 0.2) is 45.6 Å². The van der Waals surface area contributed by atoms with Crippen molar-refractivity contribution in [2.45, 2.75) is 19.6 Å². The number of alkyl halides is 3. The molecule has 136 valence electrons. The highest BCUT2D eigenvalue weighted by Crippen LogP contribution is 2.31. The number of aromatic nitrogens is 1. The summed E-state index contributed by atoms with van der Waals surface area (Å²) in [6, 6.07) is 7.32. The van der Waals surface area contributed by atoms with Crippen molar-refractivity contribution in [1.29, 1.82) is 0 Å². The predicted molar refractivity (Wildman–Crippen MR) is 87.1 cm³/mol. The first-order valence-corrected chi connectivity index (χ1v) is 7.59. The minimum absolute atomic E-state index is 0.0184. The Morgan fingerprint density at radius 1 is 1.19 bits per heavy atom. The van der Waals surface area contributed by atoms with Crippen LogP contribution in [0, 0.1) is 6.92 Å². The van der Waals surface area contributed by atoms with Gasteiger partial charge in [0.05, 0.1) is 24.7 Å². The van der Waals surface area contributed by atoms with Crippen LogP contribution in [0.25, 0.3) is 10.9 Å². The first kappa shape index (κ1) is 17.8. The van der Waals surface area contributed by atoms with E-state index in [0.717, 1.165) is 12.1 Å². The molecule has 2 heterocycles. The molecule has 26 heavy (non-hydrogen) atoms. The molecule has 8 heteroatoms. The summed E-state index contributed by atoms with van der Waals surface area (Å²) in [5.41, 5.74) is -0.477. The number of aryl methyl sites for hydroxylation is 1. The van der Waals surface area contributed by atoms with Crippen molar-refractivity contribution in [2.75, 3.05) is 7.11 Å². The van der Waals surface area contributed by atoms with Crippen molar-refractivity contribution in [3.05, 3.63) is 69.4 Å². The van der Waals surface area contributed by atoms with E-state index in [2.05, 4.69) is 4.74 Å². The molecule has 0 bridgehead atoms. The number of nitrogens with zero attached hydrogens (tertiary/aromatic N) is 1. The lowest BCUT2D eigenvalue weighted by Gasteiger charge is -2.15. The quantitative estimate of drug-likeness (QED) is 0.663. The number of methoxy groups -OCH3 is 1. The normalized spacial score (nSPS) is 11.7. The van der Waals surface area contributed by atoms with Crippen molar-refractivity contribution < 1.29 is 27.1 Å². The van der Waals surface area contributed by atoms with Gasteiger partial charge < -0.3 is 13.7 Å². The largest absolute Gasteiger partial charge is 0.463 e. The lowest BCUT2D eigenvalue weighted by atomic mass is 10.1. The van der Waals surface area contributed by atoms with Crippen molar-refractivity contribution in [1.82, 2.24) is 4.57 Å². The summed E-state index contributed by atoms with van der Waals surface area (Å²) in [5.74, 6) is -0.212. The SMILES string of the molecule is COC(=O)c1ccc(Cn2c(C)cc(=O)c3cc(C(F)(F)F)ccc32)o1. The maximum atomic E-state index is 12.9. The third-order valence-corrected chi connectivity index (χ3v) is 4.01. The Labute approximate surface area is 145 Å². The molecule has 3 aromatic rings. The van der Waals surface area contributed by atoms with Gasteiger partial charge in [0.2, 0.25) is 5.76 Å². The average Bonchev–Trinajstić information content (AvgIpc) is 3.05. The van der Waals surface area contributed by atoms with Gasteiger partial charge in [-0.3, -0.25) is 4.79 Å². The zero-order chi connectivity index (χ0) is 19.1. The fourth-order valence-corrected chi connectivity index (χ4v) is 2.72. The van der Waals surface area contributed by atoms with Crippen molar-refractivity contribution >= 4 is 16.9 Å². The number of hydrogen-bond acceptors (Lipinski definition) is 4. The molecule has 1 aromatic carbocycles. The summed E-state index contributed by atoms with van der Waals surface area (Å²) in [5, 5.41) is -0.0369. The molecule has 0 radical (unpaired) electrons. The lowest BCUT2D eigenvalue weighted by Crippen LogP contribution is -2.14. The summed E-state index contributed by atoms with van der Waals surface area (Å²) < 4.78 is 50.4. The molecule has 0 unspecified atom stereocenters. The van der Waals surface area contributed by atoms with Crippen LogP contribution in [0.2, 0.25) is 0 Å². The van der Waals surface area contributed by atoms with Gasteiger partial charge in [0, 0.05) is 17.1 Å². The highest BCUT2D eigenvalue weighted by molar-refractivity contribution is 5.86. The maximum Gasteiger partial charge on any atom is 0.416 e. The number of pyridine rings is 1. The molecular weight excluding hydrogens is 351 g/mol. The van der Waals surface area contributed by atoms with Crippen molar-refractivity contribution in [2.24, 2.45) is 0 Å². The van der Waals surface area contributed by atoms with E-state index in [1.807, 2.05) is 0 Å². The molecule has 0 N–H and O–H groups in total. The summed E-state index contributed by atoms with van der Waals surface area (Å²) in [6.07, 6.45) is -4.53. The molecular formula is C18H14F3NO4. The van der Waals surface area contributed by atoms with Crippen molar-refractivity contribution in [3.8, 4) is 0 Å². The Morgan fingerprint density at radius 3 is 2.58 bits per heavy atom. The van der Waals surface area contributed by atoms with Crippen LogP contribution in [0.1, 0.15) is 27.6 Å². The van der Waals surface area contributed by atoms with Crippen LogP contribution in [-0.4, -0.2) is 17.6 Å². The predicted octanol–water partition coefficient (Wildman–Crippen LogP) is 3.76. The van der Waals surface area contributed by atoms with E-state index in [9.17, 15) is 22.8 Å². The second-order valence-corrected chi connectivity index (χ2v) is 5.72. The van der Waals surface area contributed by atoms with Gasteiger partial charge in [0.1, 0.15) is 5.76 Å². The fraction of sp³-hybridized carbons (Fsp3) is 0.222. The minimum atomic E-state index is -4.53. The Morgan fingerprint density at radius 2 is 1.92 bits per heavy atom. The Hall–Kier alpha value is -3.03. The highest BCUT2D eigenvalue weighted by atomic mass is 19.4. The lowest BCUT2D eigenvalue weighted by molar-refractivity contribution is -0.137. The van der Waals surface area contributed by atoms with Crippen LogP contribution in [0.4, 0.5) is 13.2 Å². The van der Waals surface area contributed by atoms with E-state index in [0.29, 0.717) is 17.0 Å². The molecule has 0 atom stereocenters. The van der Waals surface area contributed by atoms with E-state index >= 15 is 0 Å². The van der Waals surface area contributed by atoms with E-state index in [1.165, 1.54) is 25.3 Å². The van der Waals surface area contributed by atoms with Gasteiger partial charge in [0.25, 0.3) is 0 Å². The number of halogens is 3. The Balaban J connectivity index is 2.09. The monoisotopic (exact) mass is 365 g/mol. The van der Waals surface area contributed by atoms with Crippen LogP contribution >= 0.6 is 0 Å². The average molecular weight is 365 g/mol. The number of carbonyl (C=O) groups excluding carboxylic acids is 1. The summed E-state index contributed by atoms with van der Waals surface area (Å²) in [4.78, 5) is 23.6. The van der Waals surface area contributed by atoms with E-state index in [1.54, 1.807) is 17.6 Å². The second-order valence-electron chi connectivity index (χ2n) is 5.72. The summed E-state index contributed by atoms with van der Waals surface area (Å²) >= 11 is 0. The van der Waals surface area contributed by atoms with E-state index in [4.69, 9.17) is 4.42 Å². The van der Waals surface area contributed by atoms with Crippen LogP contribution in [0.3, 0.4) is 0 Å². The van der Waals surface area contributed by atoms with E-state index < -0.39 is 23.1 Å². The van der Waals surface area contributed by atoms with Crippen LogP contribution < -0.4 is 5.43 Å². The molecule has 2 aromatic heterocycles. The molecule has 5 nitrogen and oxygen atoms in total. The fourth-order valence-electron chi connectivity index (χ4n) is 2.72. The smallest absolute Gasteiger partial charge is 0.416 e. The number of esters is 1. The Bertz CT molecular complexity index is 1050. The minimum Gasteiger partial charge on any atom is -0.463 e. The first-order chi connectivity index (χ1) is 12.2. The highest BCUT2D eigenvalue weighted by Gasteiger charge is 2.31. The van der Waals surface area contributed by atoms with Crippen LogP contribution in [0.5, 0.6) is 0 Å². The third-order valence-electron chi connectivity index (χ3n) is 4.01. The number of furan rings is 1. The van der Waals surface area contributed by atoms with E-state index in [-0.39, 0.29) is 17.7 Å². The first-order valence-electron chi connectivity index (χ1n) is 7.59. The zero-order valence-corrected chi connectivity index (χ0v) is 13.9. The summed E-state index contributed by atoms with van der Waals surface area (Å²) in [7, 11) is 1.22. The van der Waals surface area contributed by atoms with Gasteiger partial charge in [-0.1, -0.05) is 0 Å². The molecule has 0 saturated heterocycles. The number of rotatable bonds is 3. The molecule has 0 aliphatic rings. The number of hydrogen-bond donors (Lipinski definition) is 0. The molecule has 0 spiro atoms. The van der Waals surface area contributed by atoms with Gasteiger partial charge >= 0.3 is 12.1 Å². The molecule has 0 amide bonds. The topological polar surface area (TPSA) is 61.4 Å². The number of fused-ring (bicyclic) bond motifs is 1.